The first-order chi connectivity index (χ1) is 11.9. The second-order valence-corrected chi connectivity index (χ2v) is 6.69. The molecular weight excluding hydrogens is 316 g/mol. The standard InChI is InChI=1S/C19H24N4O2/c1-6-12(7-2)17-20-10-16-18(24)21-14-9-13(19(25)22(4)5)11(3)8-15(14)23(16)17/h8-10,12H,6-7H2,1-5H3,(H,21,24). The zero-order valence-corrected chi connectivity index (χ0v) is 15.4. The number of hydrogen-bond acceptors (Lipinski definition) is 3. The number of nitrogens with one attached hydrogen (secondary N) is 1. The Morgan fingerprint density at radius 1 is 1.24 bits per heavy atom. The molecular formula is C19H24N4O2. The quantitative estimate of drug-likeness (QED) is 0.793. The number of H-pyrrole nitrogens is 1. The molecule has 0 spiro atoms. The molecule has 0 atom stereocenters. The van der Waals surface area contributed by atoms with E-state index in [2.05, 4.69) is 23.8 Å². The highest BCUT2D eigenvalue weighted by Gasteiger charge is 2.19. The summed E-state index contributed by atoms with van der Waals surface area (Å²) in [5.74, 6) is 1.12. The fourth-order valence-electron chi connectivity index (χ4n) is 3.36. The molecule has 0 saturated carbocycles. The average molecular weight is 340 g/mol. The number of fused-ring (bicyclic) bond motifs is 3. The normalized spacial score (nSPS) is 11.6. The summed E-state index contributed by atoms with van der Waals surface area (Å²) in [5, 5.41) is 0. The Bertz CT molecular complexity index is 1010. The summed E-state index contributed by atoms with van der Waals surface area (Å²) in [4.78, 5) is 33.8. The van der Waals surface area contributed by atoms with Crippen molar-refractivity contribution in [1.29, 1.82) is 0 Å². The number of carbonyl (C=O) groups excluding carboxylic acids is 1. The van der Waals surface area contributed by atoms with Gasteiger partial charge in [0.25, 0.3) is 11.5 Å². The van der Waals surface area contributed by atoms with Crippen LogP contribution >= 0.6 is 0 Å². The van der Waals surface area contributed by atoms with Crippen molar-refractivity contribution in [2.24, 2.45) is 0 Å². The molecule has 6 nitrogen and oxygen atoms in total. The third-order valence-electron chi connectivity index (χ3n) is 4.84. The van der Waals surface area contributed by atoms with Gasteiger partial charge in [-0.3, -0.25) is 14.0 Å². The van der Waals surface area contributed by atoms with Gasteiger partial charge in [0.2, 0.25) is 0 Å². The van der Waals surface area contributed by atoms with E-state index >= 15 is 0 Å². The molecule has 0 unspecified atom stereocenters. The van der Waals surface area contributed by atoms with Gasteiger partial charge in [0.05, 0.1) is 17.2 Å². The van der Waals surface area contributed by atoms with Gasteiger partial charge in [-0.1, -0.05) is 13.8 Å². The lowest BCUT2D eigenvalue weighted by Crippen LogP contribution is -2.23. The smallest absolute Gasteiger partial charge is 0.274 e. The number of carbonyl (C=O) groups is 1. The number of aryl methyl sites for hydroxylation is 1. The molecule has 1 aromatic carbocycles. The number of aromatic nitrogens is 3. The molecule has 1 N–H and O–H groups in total. The summed E-state index contributed by atoms with van der Waals surface area (Å²) in [6.45, 7) is 6.17. The first-order valence-electron chi connectivity index (χ1n) is 8.64. The van der Waals surface area contributed by atoms with Crippen molar-refractivity contribution in [2.75, 3.05) is 14.1 Å². The molecule has 2 heterocycles. The van der Waals surface area contributed by atoms with Crippen molar-refractivity contribution >= 4 is 22.5 Å². The van der Waals surface area contributed by atoms with Crippen LogP contribution in [0.25, 0.3) is 16.6 Å². The lowest BCUT2D eigenvalue weighted by Gasteiger charge is -2.16. The maximum absolute atomic E-state index is 12.5. The predicted molar refractivity (Wildman–Crippen MR) is 99.4 cm³/mol. The van der Waals surface area contributed by atoms with Gasteiger partial charge in [-0.15, -0.1) is 0 Å². The number of hydrogen-bond donors (Lipinski definition) is 1. The lowest BCUT2D eigenvalue weighted by atomic mass is 10.0. The third-order valence-corrected chi connectivity index (χ3v) is 4.84. The average Bonchev–Trinajstić information content (AvgIpc) is 3.01. The van der Waals surface area contributed by atoms with Crippen LogP contribution in [0.4, 0.5) is 0 Å². The zero-order valence-electron chi connectivity index (χ0n) is 15.4. The minimum atomic E-state index is -0.190. The van der Waals surface area contributed by atoms with Crippen molar-refractivity contribution in [2.45, 2.75) is 39.5 Å². The molecule has 0 aliphatic heterocycles. The molecule has 1 amide bonds. The second-order valence-electron chi connectivity index (χ2n) is 6.69. The van der Waals surface area contributed by atoms with E-state index in [1.54, 1.807) is 26.4 Å². The van der Waals surface area contributed by atoms with Crippen LogP contribution < -0.4 is 5.56 Å². The Kier molecular flexibility index (Phi) is 4.37. The first-order valence-corrected chi connectivity index (χ1v) is 8.64. The van der Waals surface area contributed by atoms with Gasteiger partial charge >= 0.3 is 0 Å². The lowest BCUT2D eigenvalue weighted by molar-refractivity contribution is 0.0827. The van der Waals surface area contributed by atoms with E-state index in [0.717, 1.165) is 29.7 Å². The highest BCUT2D eigenvalue weighted by Crippen LogP contribution is 2.26. The molecule has 0 radical (unpaired) electrons. The highest BCUT2D eigenvalue weighted by molar-refractivity contribution is 5.99. The van der Waals surface area contributed by atoms with Gasteiger partial charge in [0.15, 0.2) is 0 Å². The van der Waals surface area contributed by atoms with E-state index in [1.165, 1.54) is 4.90 Å². The SMILES string of the molecule is CCC(CC)c1ncc2c(=O)[nH]c3cc(C(=O)N(C)C)c(C)cc3n12. The Balaban J connectivity index is 2.38. The summed E-state index contributed by atoms with van der Waals surface area (Å²) < 4.78 is 1.95. The summed E-state index contributed by atoms with van der Waals surface area (Å²) in [6.07, 6.45) is 3.56. The van der Waals surface area contributed by atoms with Gasteiger partial charge in [0, 0.05) is 25.6 Å². The van der Waals surface area contributed by atoms with Crippen LogP contribution in [-0.4, -0.2) is 39.3 Å². The molecule has 25 heavy (non-hydrogen) atoms. The first kappa shape index (κ1) is 17.2. The van der Waals surface area contributed by atoms with E-state index in [1.807, 2.05) is 17.4 Å². The summed E-state index contributed by atoms with van der Waals surface area (Å²) in [5.41, 5.74) is 3.35. The molecule has 0 saturated heterocycles. The minimum Gasteiger partial charge on any atom is -0.345 e. The summed E-state index contributed by atoms with van der Waals surface area (Å²) in [6, 6.07) is 3.73. The van der Waals surface area contributed by atoms with Crippen LogP contribution in [0, 0.1) is 6.92 Å². The summed E-state index contributed by atoms with van der Waals surface area (Å²) >= 11 is 0. The maximum atomic E-state index is 12.5. The molecule has 3 rings (SSSR count). The van der Waals surface area contributed by atoms with Crippen molar-refractivity contribution in [1.82, 2.24) is 19.3 Å². The Hall–Kier alpha value is -2.63. The number of imidazole rings is 1. The van der Waals surface area contributed by atoms with Gasteiger partial charge in [-0.25, -0.2) is 4.98 Å². The van der Waals surface area contributed by atoms with Crippen LogP contribution in [0.1, 0.15) is 54.4 Å². The third kappa shape index (κ3) is 2.71. The second kappa shape index (κ2) is 6.35. The molecule has 0 bridgehead atoms. The van der Waals surface area contributed by atoms with Gasteiger partial charge in [-0.2, -0.15) is 0 Å². The zero-order chi connectivity index (χ0) is 18.3. The fourth-order valence-corrected chi connectivity index (χ4v) is 3.36. The largest absolute Gasteiger partial charge is 0.345 e. The number of rotatable bonds is 4. The van der Waals surface area contributed by atoms with E-state index in [0.29, 0.717) is 16.6 Å². The van der Waals surface area contributed by atoms with Gasteiger partial charge < -0.3 is 9.88 Å². The predicted octanol–water partition coefficient (Wildman–Crippen LogP) is 3.09. The van der Waals surface area contributed by atoms with E-state index < -0.39 is 0 Å². The van der Waals surface area contributed by atoms with E-state index in [9.17, 15) is 9.59 Å². The van der Waals surface area contributed by atoms with E-state index in [4.69, 9.17) is 0 Å². The highest BCUT2D eigenvalue weighted by atomic mass is 16.2. The van der Waals surface area contributed by atoms with Crippen molar-refractivity contribution in [3.05, 3.63) is 45.6 Å². The van der Waals surface area contributed by atoms with Crippen LogP contribution in [0.5, 0.6) is 0 Å². The fraction of sp³-hybridized carbons (Fsp3) is 0.421. The minimum absolute atomic E-state index is 0.0776. The van der Waals surface area contributed by atoms with Crippen LogP contribution in [0.15, 0.2) is 23.1 Å². The van der Waals surface area contributed by atoms with Crippen LogP contribution in [-0.2, 0) is 0 Å². The number of aromatic amines is 1. The molecule has 0 fully saturated rings. The molecule has 0 aliphatic rings. The van der Waals surface area contributed by atoms with Crippen LogP contribution in [0.3, 0.4) is 0 Å². The van der Waals surface area contributed by atoms with Crippen molar-refractivity contribution in [3.8, 4) is 0 Å². The van der Waals surface area contributed by atoms with Crippen molar-refractivity contribution < 1.29 is 4.79 Å². The number of nitrogens with zero attached hydrogens (tertiary/aromatic N) is 3. The molecule has 6 heteroatoms. The molecule has 2 aromatic heterocycles. The maximum Gasteiger partial charge on any atom is 0.274 e. The van der Waals surface area contributed by atoms with Gasteiger partial charge in [0.1, 0.15) is 11.3 Å². The Morgan fingerprint density at radius 2 is 1.92 bits per heavy atom. The Labute approximate surface area is 146 Å². The topological polar surface area (TPSA) is 70.5 Å². The number of amides is 1. The van der Waals surface area contributed by atoms with Crippen molar-refractivity contribution in [3.63, 3.8) is 0 Å². The summed E-state index contributed by atoms with van der Waals surface area (Å²) in [7, 11) is 3.44. The number of benzene rings is 1. The Morgan fingerprint density at radius 3 is 2.52 bits per heavy atom. The molecule has 3 aromatic rings. The van der Waals surface area contributed by atoms with E-state index in [-0.39, 0.29) is 17.4 Å². The molecule has 132 valence electrons. The monoisotopic (exact) mass is 340 g/mol. The molecule has 0 aliphatic carbocycles. The van der Waals surface area contributed by atoms with Crippen LogP contribution in [0.2, 0.25) is 0 Å². The van der Waals surface area contributed by atoms with Gasteiger partial charge in [-0.05, 0) is 37.5 Å².